The molecule has 2 aromatic carbocycles. The quantitative estimate of drug-likeness (QED) is 0.430. The fraction of sp³-hybridized carbons (Fsp3) is 0.176. The number of aromatic nitrogens is 4. The van der Waals surface area contributed by atoms with E-state index in [4.69, 9.17) is 4.74 Å². The van der Waals surface area contributed by atoms with Crippen LogP contribution in [0.1, 0.15) is 10.4 Å². The molecule has 0 atom stereocenters. The van der Waals surface area contributed by atoms with Gasteiger partial charge in [0.2, 0.25) is 5.16 Å². The van der Waals surface area contributed by atoms with Crippen molar-refractivity contribution in [2.24, 2.45) is 0 Å². The molecule has 7 nitrogen and oxygen atoms in total. The smallest absolute Gasteiger partial charge is 0.387 e. The Kier molecular flexibility index (Phi) is 5.97. The van der Waals surface area contributed by atoms with Crippen molar-refractivity contribution in [3.63, 3.8) is 0 Å². The van der Waals surface area contributed by atoms with Gasteiger partial charge in [0.05, 0.1) is 18.6 Å². The summed E-state index contributed by atoms with van der Waals surface area (Å²) in [5.74, 6) is -0.250. The van der Waals surface area contributed by atoms with Crippen LogP contribution in [0.2, 0.25) is 0 Å². The number of ether oxygens (including phenoxy) is 2. The van der Waals surface area contributed by atoms with Crippen LogP contribution in [0, 0.1) is 0 Å². The van der Waals surface area contributed by atoms with E-state index in [1.165, 1.54) is 41.8 Å². The lowest BCUT2D eigenvalue weighted by atomic mass is 10.1. The van der Waals surface area contributed by atoms with E-state index in [0.29, 0.717) is 10.7 Å². The Morgan fingerprint density at radius 2 is 1.96 bits per heavy atom. The molecule has 0 spiro atoms. The van der Waals surface area contributed by atoms with E-state index < -0.39 is 6.61 Å². The molecule has 0 aliphatic rings. The van der Waals surface area contributed by atoms with Gasteiger partial charge in [-0.2, -0.15) is 13.5 Å². The molecule has 0 N–H and O–H groups in total. The summed E-state index contributed by atoms with van der Waals surface area (Å²) in [6.45, 7) is -2.98. The van der Waals surface area contributed by atoms with E-state index in [-0.39, 0.29) is 23.0 Å². The first-order valence-electron chi connectivity index (χ1n) is 7.71. The maximum atomic E-state index is 12.4. The van der Waals surface area contributed by atoms with E-state index in [0.717, 1.165) is 5.69 Å². The number of carbonyl (C=O) groups excluding carboxylic acids is 1. The van der Waals surface area contributed by atoms with Crippen LogP contribution in [0.4, 0.5) is 8.78 Å². The highest BCUT2D eigenvalue weighted by Crippen LogP contribution is 2.30. The topological polar surface area (TPSA) is 79.1 Å². The molecule has 0 amide bonds. The van der Waals surface area contributed by atoms with Crippen molar-refractivity contribution in [2.45, 2.75) is 11.8 Å². The van der Waals surface area contributed by atoms with E-state index in [1.54, 1.807) is 0 Å². The standard InChI is InChI=1S/C17H14F2N4O3S/c1-25-15-9-11(7-8-14(15)26-16(18)19)13(24)10-27-17-20-21-22-23(17)12-5-3-2-4-6-12/h2-9,16H,10H2,1H3. The van der Waals surface area contributed by atoms with Crippen LogP contribution in [0.25, 0.3) is 5.69 Å². The van der Waals surface area contributed by atoms with Crippen molar-refractivity contribution in [1.82, 2.24) is 20.2 Å². The lowest BCUT2D eigenvalue weighted by molar-refractivity contribution is -0.0512. The Morgan fingerprint density at radius 1 is 1.19 bits per heavy atom. The van der Waals surface area contributed by atoms with Gasteiger partial charge in [0.1, 0.15) is 0 Å². The zero-order valence-electron chi connectivity index (χ0n) is 14.1. The molecule has 140 valence electrons. The SMILES string of the molecule is COc1cc(C(=O)CSc2nnnn2-c2ccccc2)ccc1OC(F)F. The third-order valence-electron chi connectivity index (χ3n) is 3.48. The normalized spacial score (nSPS) is 10.8. The highest BCUT2D eigenvalue weighted by atomic mass is 32.2. The molecule has 0 fully saturated rings. The second-order valence-corrected chi connectivity index (χ2v) is 6.11. The van der Waals surface area contributed by atoms with E-state index in [9.17, 15) is 13.6 Å². The van der Waals surface area contributed by atoms with Crippen molar-refractivity contribution in [3.8, 4) is 17.2 Å². The van der Waals surface area contributed by atoms with Crippen molar-refractivity contribution in [3.05, 3.63) is 54.1 Å². The minimum atomic E-state index is -2.98. The van der Waals surface area contributed by atoms with Gasteiger partial charge < -0.3 is 9.47 Å². The summed E-state index contributed by atoms with van der Waals surface area (Å²) in [5.41, 5.74) is 1.08. The number of benzene rings is 2. The molecular formula is C17H14F2N4O3S. The number of methoxy groups -OCH3 is 1. The minimum Gasteiger partial charge on any atom is -0.493 e. The largest absolute Gasteiger partial charge is 0.493 e. The zero-order valence-corrected chi connectivity index (χ0v) is 14.9. The predicted octanol–water partition coefficient (Wildman–Crippen LogP) is 3.25. The molecule has 1 aromatic heterocycles. The van der Waals surface area contributed by atoms with E-state index in [2.05, 4.69) is 20.3 Å². The first-order chi connectivity index (χ1) is 13.1. The third kappa shape index (κ3) is 4.59. The number of Topliss-reactive ketones (excluding diaryl/α,β-unsaturated/α-hetero) is 1. The fourth-order valence-corrected chi connectivity index (χ4v) is 3.03. The Bertz CT molecular complexity index is 922. The summed E-state index contributed by atoms with van der Waals surface area (Å²) in [7, 11) is 1.31. The van der Waals surface area contributed by atoms with Crippen LogP contribution in [0.5, 0.6) is 11.5 Å². The number of ketones is 1. The van der Waals surface area contributed by atoms with Crippen LogP contribution < -0.4 is 9.47 Å². The number of hydrogen-bond donors (Lipinski definition) is 0. The Balaban J connectivity index is 1.71. The average molecular weight is 392 g/mol. The molecular weight excluding hydrogens is 378 g/mol. The van der Waals surface area contributed by atoms with Gasteiger partial charge in [-0.15, -0.1) is 5.10 Å². The van der Waals surface area contributed by atoms with E-state index >= 15 is 0 Å². The molecule has 3 rings (SSSR count). The van der Waals surface area contributed by atoms with Gasteiger partial charge >= 0.3 is 6.61 Å². The molecule has 3 aromatic rings. The lowest BCUT2D eigenvalue weighted by Crippen LogP contribution is -2.07. The number of tetrazole rings is 1. The van der Waals surface area contributed by atoms with Gasteiger partial charge in [-0.1, -0.05) is 30.0 Å². The highest BCUT2D eigenvalue weighted by Gasteiger charge is 2.16. The van der Waals surface area contributed by atoms with Gasteiger partial charge in [0.25, 0.3) is 0 Å². The van der Waals surface area contributed by atoms with Gasteiger partial charge in [-0.05, 0) is 40.8 Å². The van der Waals surface area contributed by atoms with Gasteiger partial charge in [-0.25, -0.2) is 0 Å². The second kappa shape index (κ2) is 8.58. The molecule has 27 heavy (non-hydrogen) atoms. The Morgan fingerprint density at radius 3 is 2.67 bits per heavy atom. The second-order valence-electron chi connectivity index (χ2n) is 5.16. The van der Waals surface area contributed by atoms with Crippen molar-refractivity contribution < 1.29 is 23.0 Å². The number of halogens is 2. The molecule has 10 heteroatoms. The summed E-state index contributed by atoms with van der Waals surface area (Å²) in [6, 6.07) is 13.3. The number of carbonyl (C=O) groups is 1. The molecule has 0 aliphatic heterocycles. The third-order valence-corrected chi connectivity index (χ3v) is 4.39. The maximum Gasteiger partial charge on any atom is 0.387 e. The summed E-state index contributed by atoms with van der Waals surface area (Å²) in [6.07, 6.45) is 0. The van der Waals surface area contributed by atoms with Crippen molar-refractivity contribution in [2.75, 3.05) is 12.9 Å². The number of hydrogen-bond acceptors (Lipinski definition) is 7. The van der Waals surface area contributed by atoms with Crippen molar-refractivity contribution in [1.29, 1.82) is 0 Å². The molecule has 0 bridgehead atoms. The van der Waals surface area contributed by atoms with Crippen LogP contribution in [-0.2, 0) is 0 Å². The maximum absolute atomic E-state index is 12.4. The Labute approximate surface area is 157 Å². The van der Waals surface area contributed by atoms with Crippen LogP contribution in [0.3, 0.4) is 0 Å². The summed E-state index contributed by atoms with van der Waals surface area (Å²) in [4.78, 5) is 12.4. The van der Waals surface area contributed by atoms with Crippen LogP contribution in [0.15, 0.2) is 53.7 Å². The number of rotatable bonds is 8. The first-order valence-corrected chi connectivity index (χ1v) is 8.69. The highest BCUT2D eigenvalue weighted by molar-refractivity contribution is 7.99. The number of para-hydroxylation sites is 1. The zero-order chi connectivity index (χ0) is 19.2. The number of nitrogens with zero attached hydrogens (tertiary/aromatic N) is 4. The van der Waals surface area contributed by atoms with Gasteiger partial charge in [-0.3, -0.25) is 4.79 Å². The summed E-state index contributed by atoms with van der Waals surface area (Å²) >= 11 is 1.17. The monoisotopic (exact) mass is 392 g/mol. The summed E-state index contributed by atoms with van der Waals surface area (Å²) < 4.78 is 35.7. The van der Waals surface area contributed by atoms with Gasteiger partial charge in [0, 0.05) is 5.56 Å². The molecule has 1 heterocycles. The summed E-state index contributed by atoms with van der Waals surface area (Å²) in [5, 5.41) is 11.9. The Hall–Kier alpha value is -3.01. The molecule has 0 aliphatic carbocycles. The fourth-order valence-electron chi connectivity index (χ4n) is 2.25. The van der Waals surface area contributed by atoms with Crippen LogP contribution in [-0.4, -0.2) is 45.5 Å². The van der Waals surface area contributed by atoms with Crippen molar-refractivity contribution >= 4 is 17.5 Å². The lowest BCUT2D eigenvalue weighted by Gasteiger charge is -2.11. The molecule has 0 saturated heterocycles. The average Bonchev–Trinajstić information content (AvgIpc) is 3.15. The van der Waals surface area contributed by atoms with Crippen LogP contribution >= 0.6 is 11.8 Å². The van der Waals surface area contributed by atoms with Gasteiger partial charge in [0.15, 0.2) is 17.3 Å². The minimum absolute atomic E-state index is 0.0558. The number of alkyl halides is 2. The van der Waals surface area contributed by atoms with E-state index in [1.807, 2.05) is 30.3 Å². The number of thioether (sulfide) groups is 1. The molecule has 0 saturated carbocycles. The molecule has 0 unspecified atom stereocenters. The predicted molar refractivity (Wildman–Crippen MR) is 93.8 cm³/mol. The molecule has 0 radical (unpaired) electrons. The first kappa shape index (κ1) is 18.8.